The van der Waals surface area contributed by atoms with Gasteiger partial charge in [0.15, 0.2) is 11.2 Å². The van der Waals surface area contributed by atoms with Crippen LogP contribution in [0.1, 0.15) is 37.9 Å². The Bertz CT molecular complexity index is 809. The Hall–Kier alpha value is -1.89. The number of hydrogen-bond acceptors (Lipinski definition) is 4. The van der Waals surface area contributed by atoms with E-state index in [1.165, 1.54) is 9.13 Å². The van der Waals surface area contributed by atoms with E-state index < -0.39 is 0 Å². The average molecular weight is 291 g/mol. The van der Waals surface area contributed by atoms with Crippen LogP contribution in [0.15, 0.2) is 9.59 Å². The van der Waals surface area contributed by atoms with Gasteiger partial charge in [-0.3, -0.25) is 13.9 Å². The minimum absolute atomic E-state index is 0.205. The van der Waals surface area contributed by atoms with E-state index in [0.717, 1.165) is 18.7 Å². The normalized spacial score (nSPS) is 16.6. The first kappa shape index (κ1) is 14.1. The molecular formula is C14H21N5O2. The zero-order valence-electron chi connectivity index (χ0n) is 12.7. The molecule has 0 aliphatic heterocycles. The summed E-state index contributed by atoms with van der Waals surface area (Å²) in [7, 11) is 3.50. The van der Waals surface area contributed by atoms with Gasteiger partial charge in [0.2, 0.25) is 0 Å². The van der Waals surface area contributed by atoms with Crippen molar-refractivity contribution in [2.45, 2.75) is 44.7 Å². The molecule has 0 spiro atoms. The molecule has 1 fully saturated rings. The molecule has 0 radical (unpaired) electrons. The van der Waals surface area contributed by atoms with E-state index in [1.807, 2.05) is 18.5 Å². The van der Waals surface area contributed by atoms with Crippen LogP contribution in [0.3, 0.4) is 0 Å². The maximum Gasteiger partial charge on any atom is 0.332 e. The summed E-state index contributed by atoms with van der Waals surface area (Å²) < 4.78 is 4.52. The van der Waals surface area contributed by atoms with Crippen molar-refractivity contribution in [1.29, 1.82) is 0 Å². The molecule has 0 aromatic carbocycles. The summed E-state index contributed by atoms with van der Waals surface area (Å²) in [5, 5.41) is 0. The SMILES string of the molecule is CCC(N)Cn1c(=O)c2c(nc(C3CC3)n2C)n(C)c1=O. The maximum absolute atomic E-state index is 12.7. The predicted octanol–water partition coefficient (Wildman–Crippen LogP) is 0.0484. The van der Waals surface area contributed by atoms with Gasteiger partial charge in [0.05, 0.1) is 0 Å². The zero-order chi connectivity index (χ0) is 15.3. The first-order chi connectivity index (χ1) is 9.95. The average Bonchev–Trinajstić information content (AvgIpc) is 3.24. The highest BCUT2D eigenvalue weighted by molar-refractivity contribution is 5.71. The van der Waals surface area contributed by atoms with Crippen LogP contribution in [0, 0.1) is 0 Å². The van der Waals surface area contributed by atoms with Gasteiger partial charge in [0.1, 0.15) is 5.82 Å². The fraction of sp³-hybridized carbons (Fsp3) is 0.643. The third-order valence-corrected chi connectivity index (χ3v) is 4.28. The van der Waals surface area contributed by atoms with Gasteiger partial charge in [-0.05, 0) is 19.3 Å². The number of hydrogen-bond donors (Lipinski definition) is 1. The molecule has 1 aliphatic rings. The minimum atomic E-state index is -0.350. The smallest absolute Gasteiger partial charge is 0.326 e. The van der Waals surface area contributed by atoms with E-state index >= 15 is 0 Å². The molecule has 1 unspecified atom stereocenters. The molecule has 2 aromatic rings. The Balaban J connectivity index is 2.28. The van der Waals surface area contributed by atoms with Gasteiger partial charge in [-0.2, -0.15) is 0 Å². The van der Waals surface area contributed by atoms with Gasteiger partial charge < -0.3 is 10.3 Å². The van der Waals surface area contributed by atoms with Gasteiger partial charge in [0, 0.05) is 32.6 Å². The van der Waals surface area contributed by atoms with Gasteiger partial charge in [-0.1, -0.05) is 6.92 Å². The lowest BCUT2D eigenvalue weighted by molar-refractivity contribution is 0.500. The maximum atomic E-state index is 12.7. The number of imidazole rings is 1. The van der Waals surface area contributed by atoms with Crippen molar-refractivity contribution in [3.05, 3.63) is 26.7 Å². The molecule has 114 valence electrons. The molecule has 3 rings (SSSR count). The van der Waals surface area contributed by atoms with Crippen LogP contribution < -0.4 is 17.0 Å². The van der Waals surface area contributed by atoms with Crippen molar-refractivity contribution < 1.29 is 0 Å². The molecule has 0 amide bonds. The van der Waals surface area contributed by atoms with Gasteiger partial charge in [-0.15, -0.1) is 0 Å². The lowest BCUT2D eigenvalue weighted by Gasteiger charge is -2.12. The summed E-state index contributed by atoms with van der Waals surface area (Å²) in [6.07, 6.45) is 2.91. The molecule has 7 heteroatoms. The van der Waals surface area contributed by atoms with Crippen molar-refractivity contribution in [2.75, 3.05) is 0 Å². The highest BCUT2D eigenvalue weighted by Gasteiger charge is 2.30. The summed E-state index contributed by atoms with van der Waals surface area (Å²) in [4.78, 5) is 29.6. The molecule has 0 saturated heterocycles. The van der Waals surface area contributed by atoms with Crippen molar-refractivity contribution in [3.8, 4) is 0 Å². The number of aryl methyl sites for hydroxylation is 2. The van der Waals surface area contributed by atoms with Crippen LogP contribution in [0.5, 0.6) is 0 Å². The van der Waals surface area contributed by atoms with Crippen LogP contribution in [-0.2, 0) is 20.6 Å². The quantitative estimate of drug-likeness (QED) is 0.862. The topological polar surface area (TPSA) is 87.8 Å². The van der Waals surface area contributed by atoms with Crippen LogP contribution in [-0.4, -0.2) is 24.7 Å². The number of rotatable bonds is 4. The molecule has 1 aliphatic carbocycles. The Morgan fingerprint density at radius 2 is 1.95 bits per heavy atom. The molecule has 2 heterocycles. The summed E-state index contributed by atoms with van der Waals surface area (Å²) in [5.41, 5.74) is 6.22. The molecular weight excluding hydrogens is 270 g/mol. The van der Waals surface area contributed by atoms with Crippen molar-refractivity contribution in [2.24, 2.45) is 19.8 Å². The largest absolute Gasteiger partial charge is 0.332 e. The third-order valence-electron chi connectivity index (χ3n) is 4.28. The van der Waals surface area contributed by atoms with E-state index in [2.05, 4.69) is 4.98 Å². The summed E-state index contributed by atoms with van der Waals surface area (Å²) in [6, 6.07) is -0.205. The molecule has 7 nitrogen and oxygen atoms in total. The first-order valence-corrected chi connectivity index (χ1v) is 7.37. The third kappa shape index (κ3) is 2.12. The summed E-state index contributed by atoms with van der Waals surface area (Å²) >= 11 is 0. The number of fused-ring (bicyclic) bond motifs is 1. The molecule has 2 N–H and O–H groups in total. The second-order valence-corrected chi connectivity index (χ2v) is 5.90. The van der Waals surface area contributed by atoms with E-state index in [9.17, 15) is 9.59 Å². The van der Waals surface area contributed by atoms with Gasteiger partial charge in [-0.25, -0.2) is 9.78 Å². The van der Waals surface area contributed by atoms with E-state index in [-0.39, 0.29) is 23.8 Å². The number of nitrogens with two attached hydrogens (primary N) is 1. The molecule has 21 heavy (non-hydrogen) atoms. The fourth-order valence-corrected chi connectivity index (χ4v) is 2.69. The highest BCUT2D eigenvalue weighted by atomic mass is 16.2. The molecule has 1 atom stereocenters. The fourth-order valence-electron chi connectivity index (χ4n) is 2.69. The highest BCUT2D eigenvalue weighted by Crippen LogP contribution is 2.39. The lowest BCUT2D eigenvalue weighted by atomic mass is 10.2. The predicted molar refractivity (Wildman–Crippen MR) is 80.5 cm³/mol. The van der Waals surface area contributed by atoms with E-state index in [1.54, 1.807) is 7.05 Å². The summed E-state index contributed by atoms with van der Waals surface area (Å²) in [5.74, 6) is 1.32. The Labute approximate surface area is 122 Å². The van der Waals surface area contributed by atoms with Crippen LogP contribution in [0.2, 0.25) is 0 Å². The van der Waals surface area contributed by atoms with Crippen LogP contribution in [0.4, 0.5) is 0 Å². The molecule has 2 aromatic heterocycles. The number of nitrogens with zero attached hydrogens (tertiary/aromatic N) is 4. The van der Waals surface area contributed by atoms with E-state index in [4.69, 9.17) is 5.73 Å². The molecule has 0 bridgehead atoms. The monoisotopic (exact) mass is 291 g/mol. The van der Waals surface area contributed by atoms with Crippen molar-refractivity contribution in [3.63, 3.8) is 0 Å². The zero-order valence-corrected chi connectivity index (χ0v) is 12.7. The second kappa shape index (κ2) is 4.84. The van der Waals surface area contributed by atoms with Crippen LogP contribution in [0.25, 0.3) is 11.2 Å². The van der Waals surface area contributed by atoms with Crippen molar-refractivity contribution in [1.82, 2.24) is 18.7 Å². The summed E-state index contributed by atoms with van der Waals surface area (Å²) in [6.45, 7) is 2.18. The molecule has 1 saturated carbocycles. The first-order valence-electron chi connectivity index (χ1n) is 7.37. The van der Waals surface area contributed by atoms with E-state index in [0.29, 0.717) is 23.5 Å². The number of aromatic nitrogens is 4. The van der Waals surface area contributed by atoms with Crippen molar-refractivity contribution >= 4 is 11.2 Å². The second-order valence-electron chi connectivity index (χ2n) is 5.90. The van der Waals surface area contributed by atoms with Gasteiger partial charge in [0.25, 0.3) is 5.56 Å². The minimum Gasteiger partial charge on any atom is -0.326 e. The van der Waals surface area contributed by atoms with Crippen LogP contribution >= 0.6 is 0 Å². The lowest BCUT2D eigenvalue weighted by Crippen LogP contribution is -2.43. The van der Waals surface area contributed by atoms with Gasteiger partial charge >= 0.3 is 5.69 Å². The Kier molecular flexibility index (Phi) is 3.24. The Morgan fingerprint density at radius 3 is 2.52 bits per heavy atom. The Morgan fingerprint density at radius 1 is 1.29 bits per heavy atom. The standard InChI is InChI=1S/C14H21N5O2/c1-4-9(15)7-19-13(20)10-12(18(3)14(19)21)16-11(17(10)2)8-5-6-8/h8-9H,4-7,15H2,1-3H3.